The maximum absolute atomic E-state index is 7.32. The van der Waals surface area contributed by atoms with Crippen LogP contribution in [0.2, 0.25) is 0 Å². The first-order chi connectivity index (χ1) is 10.2. The molecule has 3 heteroatoms. The highest BCUT2D eigenvalue weighted by atomic mass is 15.0. The molecule has 0 atom stereocenters. The summed E-state index contributed by atoms with van der Waals surface area (Å²) in [5, 5.41) is 7.32. The number of hydrogen-bond donors (Lipinski definition) is 0. The highest BCUT2D eigenvalue weighted by Gasteiger charge is 1.94. The Kier molecular flexibility index (Phi) is 23.7. The number of unbranched alkanes of at least 4 members (excludes halogenated alkanes) is 12. The minimum Gasteiger partial charge on any atom is -0.309 e. The largest absolute Gasteiger partial charge is 0.309 e. The van der Waals surface area contributed by atoms with Crippen LogP contribution in [0.15, 0.2) is 0 Å². The third-order valence-electron chi connectivity index (χ3n) is 3.71. The van der Waals surface area contributed by atoms with Crippen LogP contribution in [0.5, 0.6) is 0 Å². The van der Waals surface area contributed by atoms with Crippen LogP contribution in [-0.2, 0) is 0 Å². The van der Waals surface area contributed by atoms with Gasteiger partial charge in [0.15, 0.2) is 0 Å². The molecule has 0 radical (unpaired) electrons. The third kappa shape index (κ3) is 28.4. The minimum absolute atomic E-state index is 1.26. The van der Waals surface area contributed by atoms with Gasteiger partial charge in [-0.25, -0.2) is 5.26 Å². The van der Waals surface area contributed by atoms with Crippen molar-refractivity contribution in [2.24, 2.45) is 0 Å². The molecule has 0 aromatic heterocycles. The Morgan fingerprint density at radius 2 is 1.00 bits per heavy atom. The lowest BCUT2D eigenvalue weighted by Crippen LogP contribution is -2.12. The highest BCUT2D eigenvalue weighted by molar-refractivity contribution is 6.20. The zero-order chi connectivity index (χ0) is 16.2. The molecule has 0 spiro atoms. The van der Waals surface area contributed by atoms with Gasteiger partial charge < -0.3 is 4.90 Å². The van der Waals surface area contributed by atoms with Crippen molar-refractivity contribution >= 4 is 7.85 Å². The summed E-state index contributed by atoms with van der Waals surface area (Å²) in [7, 11) is 5.76. The van der Waals surface area contributed by atoms with Crippen molar-refractivity contribution in [3.63, 3.8) is 0 Å². The Balaban J connectivity index is 0. The average Bonchev–Trinajstić information content (AvgIpc) is 2.44. The smallest absolute Gasteiger partial charge is 0.232 e. The van der Waals surface area contributed by atoms with Crippen molar-refractivity contribution in [2.75, 3.05) is 20.6 Å². The Morgan fingerprint density at radius 3 is 1.29 bits per heavy atom. The van der Waals surface area contributed by atoms with Gasteiger partial charge in [-0.05, 0) is 33.0 Å². The fourth-order valence-electron chi connectivity index (χ4n) is 2.45. The molecular weight excluding hydrogens is 255 g/mol. The lowest BCUT2D eigenvalue weighted by Gasteiger charge is -2.08. The van der Waals surface area contributed by atoms with Crippen LogP contribution in [0.4, 0.5) is 0 Å². The molecule has 0 aromatic carbocycles. The van der Waals surface area contributed by atoms with Gasteiger partial charge in [-0.3, -0.25) is 0 Å². The zero-order valence-corrected chi connectivity index (χ0v) is 15.3. The molecule has 0 rings (SSSR count). The molecule has 0 amide bonds. The normalized spacial score (nSPS) is 10.0. The molecule has 0 saturated heterocycles. The first-order valence-electron chi connectivity index (χ1n) is 9.14. The number of rotatable bonds is 14. The molecule has 0 fully saturated rings. The third-order valence-corrected chi connectivity index (χ3v) is 3.71. The summed E-state index contributed by atoms with van der Waals surface area (Å²) in [6.07, 6.45) is 18.8. The van der Waals surface area contributed by atoms with Gasteiger partial charge in [-0.15, -0.1) is 0 Å². The van der Waals surface area contributed by atoms with Gasteiger partial charge in [0.25, 0.3) is 0 Å². The zero-order valence-electron chi connectivity index (χ0n) is 15.3. The summed E-state index contributed by atoms with van der Waals surface area (Å²) in [4.78, 5) is 2.29. The highest BCUT2D eigenvalue weighted by Crippen LogP contribution is 2.12. The van der Waals surface area contributed by atoms with Gasteiger partial charge in [0.05, 0.1) is 0 Å². The lowest BCUT2D eigenvalue weighted by molar-refractivity contribution is 0.389. The Morgan fingerprint density at radius 1 is 0.714 bits per heavy atom. The van der Waals surface area contributed by atoms with Gasteiger partial charge in [-0.1, -0.05) is 84.0 Å². The van der Waals surface area contributed by atoms with Crippen LogP contribution in [0.25, 0.3) is 0 Å². The molecule has 0 aliphatic carbocycles. The summed E-state index contributed by atoms with van der Waals surface area (Å²) in [6, 6.07) is 0. The van der Waals surface area contributed by atoms with Gasteiger partial charge in [0.1, 0.15) is 0 Å². The molecule has 0 bridgehead atoms. The molecule has 0 aliphatic rings. The predicted octanol–water partition coefficient (Wildman–Crippen LogP) is 4.74. The predicted molar refractivity (Wildman–Crippen MR) is 98.4 cm³/mol. The van der Waals surface area contributed by atoms with E-state index in [1.807, 2.05) is 0 Å². The van der Waals surface area contributed by atoms with Crippen molar-refractivity contribution in [2.45, 2.75) is 90.4 Å². The second-order valence-electron chi connectivity index (χ2n) is 6.27. The monoisotopic (exact) mass is 294 g/mol. The van der Waals surface area contributed by atoms with Crippen molar-refractivity contribution < 1.29 is 0 Å². The number of hydrogen-bond acceptors (Lipinski definition) is 2. The molecule has 0 N–H and O–H groups in total. The summed E-state index contributed by atoms with van der Waals surface area (Å²) >= 11 is 0. The topological polar surface area (TPSA) is 27.0 Å². The molecule has 124 valence electrons. The Hall–Kier alpha value is -0.485. The summed E-state index contributed by atoms with van der Waals surface area (Å²) < 4.78 is 0. The van der Waals surface area contributed by atoms with Crippen molar-refractivity contribution in [1.82, 2.24) is 4.90 Å². The van der Waals surface area contributed by atoms with Gasteiger partial charge in [0, 0.05) is 0 Å². The van der Waals surface area contributed by atoms with E-state index in [1.165, 1.54) is 97.9 Å². The van der Waals surface area contributed by atoms with Gasteiger partial charge in [-0.2, -0.15) is 0 Å². The molecule has 2 nitrogen and oxygen atoms in total. The maximum atomic E-state index is 7.32. The maximum Gasteiger partial charge on any atom is 0.232 e. The van der Waals surface area contributed by atoms with E-state index >= 15 is 0 Å². The van der Waals surface area contributed by atoms with E-state index in [0.717, 1.165) is 0 Å². The number of nitrogens with zero attached hydrogens (tertiary/aromatic N) is 2. The van der Waals surface area contributed by atoms with E-state index in [4.69, 9.17) is 5.26 Å². The average molecular weight is 294 g/mol. The molecule has 0 aromatic rings. The van der Waals surface area contributed by atoms with Crippen molar-refractivity contribution in [3.05, 3.63) is 0 Å². The van der Waals surface area contributed by atoms with Crippen LogP contribution in [0.3, 0.4) is 0 Å². The summed E-state index contributed by atoms with van der Waals surface area (Å²) in [6.45, 7) is 3.55. The molecule has 0 unspecified atom stereocenters. The van der Waals surface area contributed by atoms with Crippen molar-refractivity contribution in [3.8, 4) is 5.97 Å². The van der Waals surface area contributed by atoms with Gasteiger partial charge >= 0.3 is 0 Å². The van der Waals surface area contributed by atoms with Crippen LogP contribution in [0, 0.1) is 11.2 Å². The first kappa shape index (κ1) is 22.8. The Labute approximate surface area is 135 Å². The van der Waals surface area contributed by atoms with E-state index in [1.54, 1.807) is 5.97 Å². The molecule has 0 saturated carbocycles. The molecular formula is C18H39BN2. The second kappa shape index (κ2) is 21.8. The van der Waals surface area contributed by atoms with E-state index in [-0.39, 0.29) is 0 Å². The van der Waals surface area contributed by atoms with Crippen LogP contribution >= 0.6 is 0 Å². The Bertz CT molecular complexity index is 212. The molecule has 0 aliphatic heterocycles. The summed E-state index contributed by atoms with van der Waals surface area (Å²) in [5.74, 6) is 1.75. The van der Waals surface area contributed by atoms with E-state index in [9.17, 15) is 0 Å². The minimum atomic E-state index is 1.26. The second-order valence-corrected chi connectivity index (χ2v) is 6.27. The first-order valence-corrected chi connectivity index (χ1v) is 9.14. The molecule has 0 heterocycles. The standard InChI is InChI=1S/C17H37N.CH2BN/c1-4-5-6-7-8-9-10-11-12-13-14-15-16-17-18(2)3;2-1-3/h4-17H2,1-3H3;2H2. The lowest BCUT2D eigenvalue weighted by atomic mass is 10.0. The fourth-order valence-corrected chi connectivity index (χ4v) is 2.45. The van der Waals surface area contributed by atoms with Crippen molar-refractivity contribution in [1.29, 1.82) is 5.26 Å². The van der Waals surface area contributed by atoms with Crippen LogP contribution in [0.1, 0.15) is 90.4 Å². The van der Waals surface area contributed by atoms with E-state index < -0.39 is 0 Å². The van der Waals surface area contributed by atoms with Crippen LogP contribution < -0.4 is 0 Å². The number of nitriles is 1. The molecule has 21 heavy (non-hydrogen) atoms. The van der Waals surface area contributed by atoms with Gasteiger partial charge in [0.2, 0.25) is 7.85 Å². The summed E-state index contributed by atoms with van der Waals surface area (Å²) in [5.41, 5.74) is 0. The fraction of sp³-hybridized carbons (Fsp3) is 0.944. The SMILES string of the molecule is BC#N.CCCCCCCCCCCCCCCN(C)C. The quantitative estimate of drug-likeness (QED) is 0.342. The van der Waals surface area contributed by atoms with Crippen LogP contribution in [-0.4, -0.2) is 33.4 Å². The van der Waals surface area contributed by atoms with E-state index in [2.05, 4.69) is 25.9 Å². The van der Waals surface area contributed by atoms with E-state index in [0.29, 0.717) is 0 Å².